The molecule has 1 aromatic carbocycles. The van der Waals surface area contributed by atoms with Crippen LogP contribution < -0.4 is 5.43 Å². The van der Waals surface area contributed by atoms with Crippen LogP contribution in [0.2, 0.25) is 0 Å². The number of hydrogen-bond donors (Lipinski definition) is 1. The van der Waals surface area contributed by atoms with Crippen LogP contribution in [0.4, 0.5) is 0 Å². The minimum atomic E-state index is -0.223. The topological polar surface area (TPSA) is 54.4 Å². The number of nitrogens with one attached hydrogen (secondary N) is 1. The van der Waals surface area contributed by atoms with Gasteiger partial charge in [-0.3, -0.25) is 9.78 Å². The number of benzene rings is 1. The van der Waals surface area contributed by atoms with E-state index < -0.39 is 0 Å². The Morgan fingerprint density at radius 3 is 2.78 bits per heavy atom. The van der Waals surface area contributed by atoms with Crippen LogP contribution in [-0.4, -0.2) is 17.1 Å². The maximum absolute atomic E-state index is 11.7. The van der Waals surface area contributed by atoms with Gasteiger partial charge in [0.25, 0.3) is 5.91 Å². The van der Waals surface area contributed by atoms with Crippen molar-refractivity contribution >= 4 is 34.7 Å². The third-order valence-electron chi connectivity index (χ3n) is 2.17. The lowest BCUT2D eigenvalue weighted by Crippen LogP contribution is -2.17. The van der Waals surface area contributed by atoms with Gasteiger partial charge >= 0.3 is 0 Å². The number of carbonyl (C=O) groups is 1. The van der Waals surface area contributed by atoms with Crippen molar-refractivity contribution in [1.82, 2.24) is 10.4 Å². The van der Waals surface area contributed by atoms with Gasteiger partial charge in [-0.15, -0.1) is 0 Å². The number of hydrogen-bond acceptors (Lipinski definition) is 3. The van der Waals surface area contributed by atoms with Gasteiger partial charge in [-0.1, -0.05) is 6.07 Å². The number of amides is 1. The van der Waals surface area contributed by atoms with E-state index in [1.807, 2.05) is 12.1 Å². The van der Waals surface area contributed by atoms with Gasteiger partial charge in [0.2, 0.25) is 0 Å². The van der Waals surface area contributed by atoms with E-state index in [0.29, 0.717) is 5.56 Å². The van der Waals surface area contributed by atoms with Crippen LogP contribution >= 0.6 is 22.6 Å². The van der Waals surface area contributed by atoms with E-state index in [0.717, 1.165) is 9.13 Å². The third-order valence-corrected chi connectivity index (χ3v) is 2.84. The van der Waals surface area contributed by atoms with Gasteiger partial charge in [-0.05, 0) is 58.5 Å². The fourth-order valence-corrected chi connectivity index (χ4v) is 1.85. The van der Waals surface area contributed by atoms with Gasteiger partial charge in [0.1, 0.15) is 0 Å². The van der Waals surface area contributed by atoms with E-state index in [4.69, 9.17) is 0 Å². The highest BCUT2D eigenvalue weighted by Gasteiger charge is 2.03. The first-order valence-corrected chi connectivity index (χ1v) is 6.32. The molecule has 18 heavy (non-hydrogen) atoms. The molecule has 0 unspecified atom stereocenters. The van der Waals surface area contributed by atoms with E-state index in [1.54, 1.807) is 42.9 Å². The zero-order valence-electron chi connectivity index (χ0n) is 9.38. The highest BCUT2D eigenvalue weighted by molar-refractivity contribution is 14.1. The van der Waals surface area contributed by atoms with Gasteiger partial charge in [0.15, 0.2) is 0 Å². The summed E-state index contributed by atoms with van der Waals surface area (Å²) >= 11 is 2.16. The molecule has 5 heteroatoms. The Morgan fingerprint density at radius 1 is 1.28 bits per heavy atom. The summed E-state index contributed by atoms with van der Waals surface area (Å²) in [5.41, 5.74) is 3.96. The molecule has 4 nitrogen and oxygen atoms in total. The van der Waals surface area contributed by atoms with Gasteiger partial charge in [0, 0.05) is 21.5 Å². The van der Waals surface area contributed by atoms with Crippen molar-refractivity contribution in [3.05, 3.63) is 63.5 Å². The molecule has 0 aliphatic rings. The van der Waals surface area contributed by atoms with Crippen molar-refractivity contribution in [1.29, 1.82) is 0 Å². The first-order chi connectivity index (χ1) is 8.75. The van der Waals surface area contributed by atoms with Crippen molar-refractivity contribution in [2.75, 3.05) is 0 Å². The zero-order valence-corrected chi connectivity index (χ0v) is 11.5. The van der Waals surface area contributed by atoms with E-state index in [1.165, 1.54) is 0 Å². The monoisotopic (exact) mass is 351 g/mol. The number of nitrogens with zero attached hydrogens (tertiary/aromatic N) is 2. The van der Waals surface area contributed by atoms with Crippen LogP contribution in [-0.2, 0) is 0 Å². The highest BCUT2D eigenvalue weighted by atomic mass is 127. The molecule has 0 bridgehead atoms. The third kappa shape index (κ3) is 3.63. The molecule has 0 radical (unpaired) electrons. The summed E-state index contributed by atoms with van der Waals surface area (Å²) in [4.78, 5) is 15.6. The molecule has 1 N–H and O–H groups in total. The molecule has 2 aromatic rings. The first kappa shape index (κ1) is 12.7. The van der Waals surface area contributed by atoms with E-state index >= 15 is 0 Å². The second-order valence-corrected chi connectivity index (χ2v) is 4.74. The molecular weight excluding hydrogens is 341 g/mol. The van der Waals surface area contributed by atoms with Crippen molar-refractivity contribution < 1.29 is 4.79 Å². The van der Waals surface area contributed by atoms with Crippen LogP contribution in [0.3, 0.4) is 0 Å². The van der Waals surface area contributed by atoms with Crippen LogP contribution in [0.25, 0.3) is 0 Å². The van der Waals surface area contributed by atoms with Crippen LogP contribution in [0.5, 0.6) is 0 Å². The molecule has 1 heterocycles. The summed E-state index contributed by atoms with van der Waals surface area (Å²) in [6, 6.07) is 10.9. The first-order valence-electron chi connectivity index (χ1n) is 5.25. The lowest BCUT2D eigenvalue weighted by Gasteiger charge is -2.00. The van der Waals surface area contributed by atoms with E-state index in [2.05, 4.69) is 38.1 Å². The van der Waals surface area contributed by atoms with Crippen LogP contribution in [0, 0.1) is 3.57 Å². The summed E-state index contributed by atoms with van der Waals surface area (Å²) in [6.07, 6.45) is 4.92. The predicted octanol–water partition coefficient (Wildman–Crippen LogP) is 2.45. The number of hydrazone groups is 1. The lowest BCUT2D eigenvalue weighted by atomic mass is 10.2. The normalized spacial score (nSPS) is 10.5. The smallest absolute Gasteiger partial charge is 0.267 e. The summed E-state index contributed by atoms with van der Waals surface area (Å²) in [5.74, 6) is -0.223. The molecule has 0 saturated heterocycles. The molecular formula is C13H10IN3O. The number of carbonyl (C=O) groups excluding carboxylic acids is 1. The largest absolute Gasteiger partial charge is 0.271 e. The number of pyridine rings is 1. The fourth-order valence-electron chi connectivity index (χ4n) is 1.31. The zero-order chi connectivity index (χ0) is 12.8. The van der Waals surface area contributed by atoms with Crippen molar-refractivity contribution in [2.24, 2.45) is 5.10 Å². The lowest BCUT2D eigenvalue weighted by molar-refractivity contribution is 0.0955. The minimum Gasteiger partial charge on any atom is -0.267 e. The Bertz CT molecular complexity index is 569. The maximum Gasteiger partial charge on any atom is 0.271 e. The predicted molar refractivity (Wildman–Crippen MR) is 78.5 cm³/mol. The Labute approximate surface area is 118 Å². The van der Waals surface area contributed by atoms with E-state index in [-0.39, 0.29) is 5.91 Å². The molecule has 0 aliphatic heterocycles. The van der Waals surface area contributed by atoms with Gasteiger partial charge in [0.05, 0.1) is 6.21 Å². The Kier molecular flexibility index (Phi) is 4.40. The average molecular weight is 351 g/mol. The van der Waals surface area contributed by atoms with Crippen LogP contribution in [0.1, 0.15) is 15.9 Å². The van der Waals surface area contributed by atoms with E-state index in [9.17, 15) is 4.79 Å². The molecule has 0 saturated carbocycles. The molecule has 1 aromatic heterocycles. The van der Waals surface area contributed by atoms with Gasteiger partial charge in [-0.2, -0.15) is 5.10 Å². The van der Waals surface area contributed by atoms with Crippen molar-refractivity contribution in [3.8, 4) is 0 Å². The molecule has 0 atom stereocenters. The van der Waals surface area contributed by atoms with Gasteiger partial charge < -0.3 is 0 Å². The van der Waals surface area contributed by atoms with Crippen molar-refractivity contribution in [3.63, 3.8) is 0 Å². The molecule has 0 fully saturated rings. The van der Waals surface area contributed by atoms with Crippen LogP contribution in [0.15, 0.2) is 53.9 Å². The SMILES string of the molecule is O=C(NN=Cc1ccncc1)c1cccc(I)c1. The van der Waals surface area contributed by atoms with Gasteiger partial charge in [-0.25, -0.2) is 5.43 Å². The standard InChI is InChI=1S/C13H10IN3O/c14-12-3-1-2-11(8-12)13(18)17-16-9-10-4-6-15-7-5-10/h1-9H,(H,17,18). The average Bonchev–Trinajstić information content (AvgIpc) is 2.40. The summed E-state index contributed by atoms with van der Waals surface area (Å²) in [6.45, 7) is 0. The summed E-state index contributed by atoms with van der Waals surface area (Å²) in [7, 11) is 0. The molecule has 0 spiro atoms. The number of aromatic nitrogens is 1. The minimum absolute atomic E-state index is 0.223. The Hall–Kier alpha value is -1.76. The fraction of sp³-hybridized carbons (Fsp3) is 0. The summed E-state index contributed by atoms with van der Waals surface area (Å²) < 4.78 is 1.01. The second-order valence-electron chi connectivity index (χ2n) is 3.49. The quantitative estimate of drug-likeness (QED) is 0.525. The van der Waals surface area contributed by atoms with Crippen molar-refractivity contribution in [2.45, 2.75) is 0 Å². The molecule has 1 amide bonds. The second kappa shape index (κ2) is 6.25. The number of rotatable bonds is 3. The number of halogens is 1. The molecule has 90 valence electrons. The maximum atomic E-state index is 11.7. The molecule has 0 aliphatic carbocycles. The molecule has 2 rings (SSSR count). The Morgan fingerprint density at radius 2 is 2.06 bits per heavy atom. The Balaban J connectivity index is 1.99. The summed E-state index contributed by atoms with van der Waals surface area (Å²) in [5, 5.41) is 3.89. The highest BCUT2D eigenvalue weighted by Crippen LogP contribution is 2.07.